The molecule has 12 heteroatoms. The van der Waals surface area contributed by atoms with Crippen LogP contribution in [0.25, 0.3) is 0 Å². The average Bonchev–Trinajstić information content (AvgIpc) is 3.64. The molecule has 3 saturated heterocycles. The van der Waals surface area contributed by atoms with E-state index in [0.717, 1.165) is 24.1 Å². The highest BCUT2D eigenvalue weighted by molar-refractivity contribution is 6.72. The lowest BCUT2D eigenvalue weighted by Gasteiger charge is -2.31. The number of rotatable bonds is 7. The molecule has 3 amide bonds. The molecule has 44 heavy (non-hydrogen) atoms. The van der Waals surface area contributed by atoms with Crippen molar-refractivity contribution in [3.63, 3.8) is 0 Å². The number of anilines is 2. The fourth-order valence-electron chi connectivity index (χ4n) is 7.90. The molecule has 0 aliphatic carbocycles. The minimum atomic E-state index is -3.46. The number of piperazine rings is 1. The zero-order chi connectivity index (χ0) is 31.4. The van der Waals surface area contributed by atoms with Gasteiger partial charge < -0.3 is 34.0 Å². The van der Waals surface area contributed by atoms with Crippen LogP contribution in [0.1, 0.15) is 37.3 Å². The van der Waals surface area contributed by atoms with Crippen LogP contribution in [0.3, 0.4) is 0 Å². The van der Waals surface area contributed by atoms with E-state index < -0.39 is 31.6 Å². The first-order chi connectivity index (χ1) is 21.0. The summed E-state index contributed by atoms with van der Waals surface area (Å²) in [7, 11) is -3.46. The summed E-state index contributed by atoms with van der Waals surface area (Å²) in [5, 5.41) is 13.3. The predicted molar refractivity (Wildman–Crippen MR) is 169 cm³/mol. The number of halogens is 2. The molecule has 0 radical (unpaired) electrons. The maximum atomic E-state index is 16.2. The molecule has 4 heterocycles. The zero-order valence-electron chi connectivity index (χ0n) is 25.4. The quantitative estimate of drug-likeness (QED) is 0.350. The number of fused-ring (bicyclic) bond motifs is 2. The molecule has 0 aromatic heterocycles. The van der Waals surface area contributed by atoms with Crippen LogP contribution in [-0.2, 0) is 31.3 Å². The number of amides is 3. The van der Waals surface area contributed by atoms with Crippen molar-refractivity contribution in [3.05, 3.63) is 58.6 Å². The smallest absolute Gasteiger partial charge is 0.264 e. The summed E-state index contributed by atoms with van der Waals surface area (Å²) in [6.45, 7) is 7.26. The molecule has 0 saturated carbocycles. The summed E-state index contributed by atoms with van der Waals surface area (Å²) < 4.78 is 22.9. The highest BCUT2D eigenvalue weighted by Crippen LogP contribution is 2.60. The van der Waals surface area contributed by atoms with Gasteiger partial charge in [0.25, 0.3) is 5.91 Å². The third kappa shape index (κ3) is 5.26. The fraction of sp³-hybridized carbons (Fsp3) is 0.531. The van der Waals surface area contributed by atoms with E-state index in [2.05, 4.69) is 5.32 Å². The predicted octanol–water partition coefficient (Wildman–Crippen LogP) is 3.97. The first kappa shape index (κ1) is 31.2. The number of aliphatic hydroxyl groups is 1. The third-order valence-corrected chi connectivity index (χ3v) is 12.6. The van der Waals surface area contributed by atoms with Crippen molar-refractivity contribution < 1.29 is 28.3 Å². The minimum absolute atomic E-state index is 0.0124. The van der Waals surface area contributed by atoms with E-state index >= 15 is 4.11 Å². The highest BCUT2D eigenvalue weighted by atomic mass is 35.5. The van der Waals surface area contributed by atoms with Crippen LogP contribution >= 0.6 is 11.6 Å². The van der Waals surface area contributed by atoms with Crippen LogP contribution in [0.4, 0.5) is 15.5 Å². The molecule has 9 nitrogen and oxygen atoms in total. The number of likely N-dealkylation sites (tertiary alicyclic amines) is 1. The van der Waals surface area contributed by atoms with Gasteiger partial charge in [-0.2, -0.15) is 0 Å². The third-order valence-electron chi connectivity index (χ3n) is 9.86. The van der Waals surface area contributed by atoms with Crippen molar-refractivity contribution in [2.75, 3.05) is 42.6 Å². The maximum Gasteiger partial charge on any atom is 0.264 e. The Balaban J connectivity index is 1.34. The van der Waals surface area contributed by atoms with E-state index in [1.807, 2.05) is 31.2 Å². The summed E-state index contributed by atoms with van der Waals surface area (Å²) in [6.07, 6.45) is 0.669. The van der Waals surface area contributed by atoms with Crippen molar-refractivity contribution in [2.24, 2.45) is 5.92 Å². The second kappa shape index (κ2) is 11.8. The second-order valence-corrected chi connectivity index (χ2v) is 17.2. The van der Waals surface area contributed by atoms with Gasteiger partial charge in [-0.05, 0) is 61.8 Å². The molecule has 3 fully saturated rings. The molecular formula is C32H40ClFN4O5Si. The molecule has 0 unspecified atom stereocenters. The Morgan fingerprint density at radius 2 is 2.00 bits per heavy atom. The lowest BCUT2D eigenvalue weighted by atomic mass is 9.82. The van der Waals surface area contributed by atoms with Crippen LogP contribution < -0.4 is 15.1 Å². The lowest BCUT2D eigenvalue weighted by molar-refractivity contribution is -0.150. The summed E-state index contributed by atoms with van der Waals surface area (Å²) in [5.41, 5.74) is 0.698. The zero-order valence-corrected chi connectivity index (χ0v) is 27.1. The Kier molecular flexibility index (Phi) is 8.38. The maximum absolute atomic E-state index is 16.2. The Morgan fingerprint density at radius 1 is 1.20 bits per heavy atom. The van der Waals surface area contributed by atoms with Gasteiger partial charge in [-0.15, -0.1) is 0 Å². The molecule has 2 aromatic carbocycles. The second-order valence-electron chi connectivity index (χ2n) is 13.0. The van der Waals surface area contributed by atoms with E-state index in [-0.39, 0.29) is 49.9 Å². The van der Waals surface area contributed by atoms with Crippen LogP contribution in [-0.4, -0.2) is 81.1 Å². The number of aliphatic hydroxyl groups excluding tert-OH is 1. The number of carbonyl (C=O) groups excluding carboxylic acids is 3. The first-order valence-corrected chi connectivity index (χ1v) is 18.8. The highest BCUT2D eigenvalue weighted by Gasteiger charge is 2.67. The first-order valence-electron chi connectivity index (χ1n) is 15.4. The van der Waals surface area contributed by atoms with Gasteiger partial charge in [0, 0.05) is 47.4 Å². The van der Waals surface area contributed by atoms with Crippen LogP contribution in [0, 0.1) is 5.92 Å². The van der Waals surface area contributed by atoms with E-state index in [1.165, 1.54) is 0 Å². The topological polar surface area (TPSA) is 102 Å². The number of carbonyl (C=O) groups is 3. The van der Waals surface area contributed by atoms with E-state index in [9.17, 15) is 19.5 Å². The number of ether oxygens (including phenoxy) is 1. The molecule has 5 atom stereocenters. The molecule has 6 rings (SSSR count). The largest absolute Gasteiger partial charge is 0.394 e. The molecule has 0 bridgehead atoms. The summed E-state index contributed by atoms with van der Waals surface area (Å²) >= 11 is 6.50. The minimum Gasteiger partial charge on any atom is -0.394 e. The van der Waals surface area contributed by atoms with Gasteiger partial charge in [0.2, 0.25) is 20.2 Å². The van der Waals surface area contributed by atoms with Crippen molar-refractivity contribution in [2.45, 2.75) is 69.1 Å². The van der Waals surface area contributed by atoms with Gasteiger partial charge in [-0.3, -0.25) is 14.4 Å². The number of benzene rings is 2. The summed E-state index contributed by atoms with van der Waals surface area (Å²) in [6, 6.07) is 12.6. The number of hydrogen-bond acceptors (Lipinski definition) is 6. The Hall–Kier alpha value is -2.83. The molecule has 236 valence electrons. The number of hydrogen-bond donors (Lipinski definition) is 2. The molecular weight excluding hydrogens is 603 g/mol. The monoisotopic (exact) mass is 642 g/mol. The van der Waals surface area contributed by atoms with Gasteiger partial charge in [0.15, 0.2) is 5.60 Å². The van der Waals surface area contributed by atoms with E-state index in [0.29, 0.717) is 35.9 Å². The van der Waals surface area contributed by atoms with Crippen molar-refractivity contribution in [1.82, 2.24) is 10.2 Å². The number of nitrogens with zero attached hydrogens (tertiary/aromatic N) is 3. The van der Waals surface area contributed by atoms with Crippen molar-refractivity contribution >= 4 is 49.1 Å². The Labute approximate surface area is 263 Å². The molecule has 4 aliphatic heterocycles. The normalized spacial score (nSPS) is 28.8. The number of nitrogens with one attached hydrogen (secondary N) is 1. The fourth-order valence-corrected chi connectivity index (χ4v) is 10.6. The molecule has 4 aliphatic rings. The van der Waals surface area contributed by atoms with E-state index in [4.69, 9.17) is 16.3 Å². The Morgan fingerprint density at radius 3 is 2.73 bits per heavy atom. The van der Waals surface area contributed by atoms with Gasteiger partial charge >= 0.3 is 0 Å². The average molecular weight is 643 g/mol. The standard InChI is InChI=1S/C32H40ClFN4O5Si/c1-20-30(44(2,3)34)27(16-28(40)36-12-5-8-24(36)19-39)43-32(20)25-15-22(33)9-10-26(25)38(31(32)42)18-21-6-4-7-23(14-21)37-13-11-35-17-29(37)41/h4,6-7,9-10,14-15,20,24,27,30,35,39H,5,8,11-13,16-19H2,1-3H3/t20-,24+,27+,30-,32+/m1/s1. The van der Waals surface area contributed by atoms with Gasteiger partial charge in [0.05, 0.1) is 44.0 Å². The lowest BCUT2D eigenvalue weighted by Crippen LogP contribution is -2.48. The van der Waals surface area contributed by atoms with E-state index in [1.54, 1.807) is 46.0 Å². The van der Waals surface area contributed by atoms with Crippen molar-refractivity contribution in [3.8, 4) is 0 Å². The molecule has 1 spiro atoms. The molecule has 2 N–H and O–H groups in total. The van der Waals surface area contributed by atoms with Gasteiger partial charge in [0.1, 0.15) is 0 Å². The molecule has 2 aromatic rings. The summed E-state index contributed by atoms with van der Waals surface area (Å²) in [5.74, 6) is -1.06. The van der Waals surface area contributed by atoms with Gasteiger partial charge in [-0.25, -0.2) is 0 Å². The van der Waals surface area contributed by atoms with Crippen molar-refractivity contribution in [1.29, 1.82) is 0 Å². The van der Waals surface area contributed by atoms with Crippen LogP contribution in [0.2, 0.25) is 23.7 Å². The SMILES string of the molecule is C[C@@H]1[C@@H]([Si](C)(C)F)[C@H](CC(=O)N2CCC[C@H]2CO)O[C@@]12C(=O)N(Cc1cccc(N3CCNCC3=O)c1)c1ccc(Cl)cc12. The van der Waals surface area contributed by atoms with Crippen LogP contribution in [0.15, 0.2) is 42.5 Å². The summed E-state index contributed by atoms with van der Waals surface area (Å²) in [4.78, 5) is 45.8. The Bertz CT molecular complexity index is 1470. The van der Waals surface area contributed by atoms with Crippen LogP contribution in [0.5, 0.6) is 0 Å². The van der Waals surface area contributed by atoms with Gasteiger partial charge in [-0.1, -0.05) is 30.7 Å².